The second kappa shape index (κ2) is 10.2. The van der Waals surface area contributed by atoms with Crippen molar-refractivity contribution in [2.24, 2.45) is 0 Å². The highest BCUT2D eigenvalue weighted by Crippen LogP contribution is 2.81. The Balaban J connectivity index is 2.33. The van der Waals surface area contributed by atoms with Crippen LogP contribution in [0.15, 0.2) is 47.5 Å². The number of nitrogens with one attached hydrogen (secondary N) is 2. The number of rotatable bonds is 8. The number of pyridine rings is 1. The van der Waals surface area contributed by atoms with Crippen molar-refractivity contribution in [3.63, 3.8) is 0 Å². The molecule has 0 saturated carbocycles. The zero-order chi connectivity index (χ0) is 24.9. The van der Waals surface area contributed by atoms with Gasteiger partial charge < -0.3 is 15.4 Å². The fraction of sp³-hybridized carbons (Fsp3) is 0.364. The Morgan fingerprint density at radius 2 is 1.79 bits per heavy atom. The molecule has 0 unspecified atom stereocenters. The third kappa shape index (κ3) is 8.43. The van der Waals surface area contributed by atoms with Crippen LogP contribution < -0.4 is 10.6 Å². The van der Waals surface area contributed by atoms with E-state index in [1.54, 1.807) is 26.8 Å². The molecule has 1 aromatic heterocycles. The molecule has 0 aliphatic carbocycles. The summed E-state index contributed by atoms with van der Waals surface area (Å²) < 4.78 is 57.2. The average molecular weight is 510 g/mol. The summed E-state index contributed by atoms with van der Waals surface area (Å²) in [5.74, 6) is 0.280. The minimum Gasteiger partial charge on any atom is -0.444 e. The highest BCUT2D eigenvalue weighted by molar-refractivity contribution is 8.33. The van der Waals surface area contributed by atoms with E-state index < -0.39 is 27.3 Å². The minimum atomic E-state index is -7.83. The van der Waals surface area contributed by atoms with Crippen LogP contribution in [0.1, 0.15) is 46.1 Å². The number of thiol groups is 1. The molecule has 0 bridgehead atoms. The molecule has 0 radical (unpaired) electrons. The Kier molecular flexibility index (Phi) is 8.29. The predicted octanol–water partition coefficient (Wildman–Crippen LogP) is 8.16. The molecule has 0 fully saturated rings. The number of amides is 1. The molecule has 0 aliphatic heterocycles. The maximum absolute atomic E-state index is 13.0. The third-order valence-corrected chi connectivity index (χ3v) is 5.64. The van der Waals surface area contributed by atoms with Gasteiger partial charge in [0.1, 0.15) is 11.4 Å². The lowest BCUT2D eigenvalue weighted by Gasteiger charge is -2.29. The van der Waals surface area contributed by atoms with Gasteiger partial charge in [-0.2, -0.15) is 0 Å². The molecule has 2 N–H and O–H groups in total. The fourth-order valence-electron chi connectivity index (χ4n) is 2.81. The SMILES string of the molecule is CCC/C=C(/CNC(=O)OC(C)(C)C)c1c(Cl)ccnc1Nc1ccc([SH](F)(F)(F)F)cc1. The Labute approximate surface area is 197 Å². The van der Waals surface area contributed by atoms with E-state index in [4.69, 9.17) is 16.3 Å². The first-order valence-corrected chi connectivity index (χ1v) is 12.4. The van der Waals surface area contributed by atoms with Gasteiger partial charge in [-0.25, -0.2) is 9.78 Å². The smallest absolute Gasteiger partial charge is 0.407 e. The standard InChI is InChI=1S/C22H28ClF4N3O2S/c1-5-6-7-15(14-29-21(31)32-22(2,3)4)19-18(23)12-13-28-20(19)30-16-8-10-17(11-9-16)33(24,25,26)27/h7-13,33H,5-6,14H2,1-4H3,(H,28,30)(H,29,31)/b15-7-. The fourth-order valence-corrected chi connectivity index (χ4v) is 3.68. The van der Waals surface area contributed by atoms with Crippen molar-refractivity contribution < 1.29 is 25.1 Å². The molecule has 184 valence electrons. The molecular formula is C22H28ClF4N3O2S. The second-order valence-corrected chi connectivity index (χ2v) is 10.6. The van der Waals surface area contributed by atoms with E-state index in [1.165, 1.54) is 6.20 Å². The number of benzene rings is 1. The van der Waals surface area contributed by atoms with E-state index in [9.17, 15) is 20.3 Å². The van der Waals surface area contributed by atoms with Crippen LogP contribution in [-0.2, 0) is 4.74 Å². The monoisotopic (exact) mass is 509 g/mol. The van der Waals surface area contributed by atoms with Crippen LogP contribution >= 0.6 is 22.3 Å². The van der Waals surface area contributed by atoms with Gasteiger partial charge in [0, 0.05) is 24.0 Å². The summed E-state index contributed by atoms with van der Waals surface area (Å²) in [6.07, 6.45) is 4.27. The molecular weight excluding hydrogens is 482 g/mol. The zero-order valence-electron chi connectivity index (χ0n) is 18.8. The van der Waals surface area contributed by atoms with Gasteiger partial charge in [0.15, 0.2) is 10.7 Å². The third-order valence-electron chi connectivity index (χ3n) is 4.24. The summed E-state index contributed by atoms with van der Waals surface area (Å²) in [7, 11) is -7.83. The van der Waals surface area contributed by atoms with Gasteiger partial charge in [0.2, 0.25) is 0 Å². The Hall–Kier alpha value is -2.46. The zero-order valence-corrected chi connectivity index (χ0v) is 20.4. The average Bonchev–Trinajstić information content (AvgIpc) is 2.67. The van der Waals surface area contributed by atoms with Crippen LogP contribution in [0.5, 0.6) is 0 Å². The van der Waals surface area contributed by atoms with E-state index in [-0.39, 0.29) is 18.1 Å². The van der Waals surface area contributed by atoms with Crippen molar-refractivity contribution in [2.45, 2.75) is 51.0 Å². The molecule has 1 heterocycles. The summed E-state index contributed by atoms with van der Waals surface area (Å²) >= 11 is 6.44. The molecule has 0 spiro atoms. The number of carbonyl (C=O) groups is 1. The highest BCUT2D eigenvalue weighted by Gasteiger charge is 2.39. The number of alkyl carbamates (subject to hydrolysis) is 1. The van der Waals surface area contributed by atoms with Crippen LogP contribution in [-0.4, -0.2) is 23.2 Å². The summed E-state index contributed by atoms with van der Waals surface area (Å²) in [5, 5.41) is 5.95. The van der Waals surface area contributed by atoms with Gasteiger partial charge in [-0.05, 0) is 63.1 Å². The van der Waals surface area contributed by atoms with Crippen molar-refractivity contribution in [2.75, 3.05) is 11.9 Å². The summed E-state index contributed by atoms with van der Waals surface area (Å²) in [5.41, 5.74) is 0.744. The van der Waals surface area contributed by atoms with E-state index in [2.05, 4.69) is 15.6 Å². The molecule has 11 heteroatoms. The van der Waals surface area contributed by atoms with Crippen molar-refractivity contribution in [1.29, 1.82) is 0 Å². The molecule has 0 atom stereocenters. The summed E-state index contributed by atoms with van der Waals surface area (Å²) in [6, 6.07) is 5.18. The lowest BCUT2D eigenvalue weighted by molar-refractivity contribution is 0.0535. The van der Waals surface area contributed by atoms with Gasteiger partial charge in [-0.1, -0.05) is 31.0 Å². The van der Waals surface area contributed by atoms with Gasteiger partial charge in [-0.15, -0.1) is 15.5 Å². The lowest BCUT2D eigenvalue weighted by Crippen LogP contribution is -2.33. The van der Waals surface area contributed by atoms with Crippen LogP contribution in [0.2, 0.25) is 5.02 Å². The molecule has 2 aromatic rings. The number of unbranched alkanes of at least 4 members (excludes halogenated alkanes) is 1. The van der Waals surface area contributed by atoms with Crippen LogP contribution in [0, 0.1) is 0 Å². The number of anilines is 2. The number of allylic oxidation sites excluding steroid dienone is 1. The van der Waals surface area contributed by atoms with E-state index in [0.717, 1.165) is 18.6 Å². The summed E-state index contributed by atoms with van der Waals surface area (Å²) in [4.78, 5) is 15.1. The van der Waals surface area contributed by atoms with Crippen LogP contribution in [0.25, 0.3) is 5.57 Å². The predicted molar refractivity (Wildman–Crippen MR) is 128 cm³/mol. The number of carbonyl (C=O) groups excluding carboxylic acids is 1. The lowest BCUT2D eigenvalue weighted by atomic mass is 10.0. The van der Waals surface area contributed by atoms with Gasteiger partial charge in [0.25, 0.3) is 0 Å². The molecule has 33 heavy (non-hydrogen) atoms. The second-order valence-electron chi connectivity index (χ2n) is 8.28. The van der Waals surface area contributed by atoms with Crippen LogP contribution in [0.3, 0.4) is 0 Å². The minimum absolute atomic E-state index is 0.0932. The number of hydrogen-bond acceptors (Lipinski definition) is 4. The summed E-state index contributed by atoms with van der Waals surface area (Å²) in [6.45, 7) is 7.32. The Bertz CT molecular complexity index is 1010. The van der Waals surface area contributed by atoms with Crippen molar-refractivity contribution >= 4 is 45.5 Å². The molecule has 5 nitrogen and oxygen atoms in total. The molecule has 0 aliphatic rings. The number of halogens is 5. The van der Waals surface area contributed by atoms with E-state index >= 15 is 0 Å². The van der Waals surface area contributed by atoms with E-state index in [1.807, 2.05) is 13.0 Å². The Morgan fingerprint density at radius 3 is 2.33 bits per heavy atom. The maximum Gasteiger partial charge on any atom is 0.407 e. The van der Waals surface area contributed by atoms with Crippen molar-refractivity contribution in [3.8, 4) is 0 Å². The maximum atomic E-state index is 13.0. The molecule has 0 saturated heterocycles. The van der Waals surface area contributed by atoms with Gasteiger partial charge in [0.05, 0.1) is 9.92 Å². The van der Waals surface area contributed by atoms with Crippen molar-refractivity contribution in [3.05, 3.63) is 53.2 Å². The first-order valence-electron chi connectivity index (χ1n) is 10.2. The van der Waals surface area contributed by atoms with Gasteiger partial charge in [-0.3, -0.25) is 0 Å². The first kappa shape index (κ1) is 26.8. The number of aromatic nitrogens is 1. The topological polar surface area (TPSA) is 63.2 Å². The van der Waals surface area contributed by atoms with Crippen LogP contribution in [0.4, 0.5) is 31.8 Å². The number of ether oxygens (including phenoxy) is 1. The first-order chi connectivity index (χ1) is 15.2. The quantitative estimate of drug-likeness (QED) is 0.248. The van der Waals surface area contributed by atoms with E-state index in [0.29, 0.717) is 34.7 Å². The largest absolute Gasteiger partial charge is 0.444 e. The normalized spacial score (nSPS) is 13.7. The van der Waals surface area contributed by atoms with Gasteiger partial charge >= 0.3 is 6.09 Å². The number of nitrogens with zero attached hydrogens (tertiary/aromatic N) is 1. The Morgan fingerprint density at radius 1 is 1.15 bits per heavy atom. The highest BCUT2D eigenvalue weighted by atomic mass is 35.5. The molecule has 2 rings (SSSR count). The molecule has 1 amide bonds. The molecule has 1 aromatic carbocycles. The van der Waals surface area contributed by atoms with Crippen molar-refractivity contribution in [1.82, 2.24) is 10.3 Å². The number of hydrogen-bond donors (Lipinski definition) is 3.